The van der Waals surface area contributed by atoms with Crippen LogP contribution in [-0.4, -0.2) is 14.3 Å². The van der Waals surface area contributed by atoms with E-state index < -0.39 is 17.9 Å². The monoisotopic (exact) mass is 329 g/mol. The molecule has 0 unspecified atom stereocenters. The van der Waals surface area contributed by atoms with Crippen molar-refractivity contribution in [1.82, 2.24) is 14.3 Å². The summed E-state index contributed by atoms with van der Waals surface area (Å²) in [4.78, 5) is 12.1. The molecule has 4 nitrogen and oxygen atoms in total. The maximum absolute atomic E-state index is 13.1. The molecule has 0 saturated heterocycles. The van der Waals surface area contributed by atoms with Crippen LogP contribution in [0, 0.1) is 6.92 Å². The van der Waals surface area contributed by atoms with Crippen LogP contribution in [0.25, 0.3) is 11.1 Å². The Morgan fingerprint density at radius 1 is 1.08 bits per heavy atom. The zero-order valence-corrected chi connectivity index (χ0v) is 13.4. The quantitative estimate of drug-likeness (QED) is 0.734. The summed E-state index contributed by atoms with van der Waals surface area (Å²) in [6.07, 6.45) is -2.79. The molecule has 0 atom stereocenters. The van der Waals surface area contributed by atoms with Crippen molar-refractivity contribution in [1.29, 1.82) is 0 Å². The standard InChI is InChI=1S/C18H17F2N3O/c1-12-8-9-14(13-6-4-3-5-7-13)10-15(12)11-23-17(16(19)20)21-22(2)18(23)24/h3-10,16H,11H2,1-2H3. The zero-order valence-electron chi connectivity index (χ0n) is 13.4. The van der Waals surface area contributed by atoms with Gasteiger partial charge >= 0.3 is 5.69 Å². The summed E-state index contributed by atoms with van der Waals surface area (Å²) in [6, 6.07) is 15.6. The Labute approximate surface area is 138 Å². The van der Waals surface area contributed by atoms with Crippen molar-refractivity contribution >= 4 is 0 Å². The first-order chi connectivity index (χ1) is 11.5. The highest BCUT2D eigenvalue weighted by molar-refractivity contribution is 5.64. The number of aromatic nitrogens is 3. The van der Waals surface area contributed by atoms with Gasteiger partial charge in [-0.15, -0.1) is 5.10 Å². The minimum Gasteiger partial charge on any atom is -0.270 e. The second kappa shape index (κ2) is 6.39. The molecule has 6 heteroatoms. The fourth-order valence-corrected chi connectivity index (χ4v) is 2.66. The van der Waals surface area contributed by atoms with Crippen molar-refractivity contribution in [2.24, 2.45) is 7.05 Å². The molecule has 24 heavy (non-hydrogen) atoms. The van der Waals surface area contributed by atoms with Crippen LogP contribution in [-0.2, 0) is 13.6 Å². The van der Waals surface area contributed by atoms with Crippen molar-refractivity contribution in [3.8, 4) is 11.1 Å². The van der Waals surface area contributed by atoms with Gasteiger partial charge in [0.1, 0.15) is 0 Å². The fourth-order valence-electron chi connectivity index (χ4n) is 2.66. The van der Waals surface area contributed by atoms with Crippen LogP contribution < -0.4 is 5.69 Å². The van der Waals surface area contributed by atoms with Gasteiger partial charge in [-0.3, -0.25) is 4.57 Å². The molecule has 0 bridgehead atoms. The Kier molecular flexibility index (Phi) is 4.29. The van der Waals surface area contributed by atoms with Gasteiger partial charge in [0.2, 0.25) is 5.82 Å². The van der Waals surface area contributed by atoms with Crippen molar-refractivity contribution in [3.63, 3.8) is 0 Å². The molecular weight excluding hydrogens is 312 g/mol. The Bertz CT molecular complexity index is 914. The predicted molar refractivity (Wildman–Crippen MR) is 88.1 cm³/mol. The number of aryl methyl sites for hydroxylation is 2. The van der Waals surface area contributed by atoms with Gasteiger partial charge in [-0.1, -0.05) is 42.5 Å². The van der Waals surface area contributed by atoms with Gasteiger partial charge < -0.3 is 0 Å². The van der Waals surface area contributed by atoms with E-state index in [0.29, 0.717) is 0 Å². The van der Waals surface area contributed by atoms with E-state index in [1.807, 2.05) is 55.5 Å². The van der Waals surface area contributed by atoms with Crippen molar-refractivity contribution in [3.05, 3.63) is 76.0 Å². The van der Waals surface area contributed by atoms with E-state index in [1.54, 1.807) is 0 Å². The molecule has 3 aromatic rings. The van der Waals surface area contributed by atoms with E-state index >= 15 is 0 Å². The first kappa shape index (κ1) is 16.1. The Morgan fingerprint density at radius 2 is 1.79 bits per heavy atom. The molecule has 2 aromatic carbocycles. The average molecular weight is 329 g/mol. The molecule has 0 aliphatic carbocycles. The molecule has 0 aliphatic rings. The zero-order chi connectivity index (χ0) is 17.3. The molecule has 3 rings (SSSR count). The average Bonchev–Trinajstić information content (AvgIpc) is 2.86. The summed E-state index contributed by atoms with van der Waals surface area (Å²) < 4.78 is 28.2. The first-order valence-corrected chi connectivity index (χ1v) is 7.54. The van der Waals surface area contributed by atoms with Crippen LogP contribution >= 0.6 is 0 Å². The molecule has 0 N–H and O–H groups in total. The number of hydrogen-bond acceptors (Lipinski definition) is 2. The number of hydrogen-bond donors (Lipinski definition) is 0. The Balaban J connectivity index is 2.04. The van der Waals surface area contributed by atoms with Gasteiger partial charge in [-0.25, -0.2) is 18.3 Å². The Morgan fingerprint density at radius 3 is 2.46 bits per heavy atom. The van der Waals surface area contributed by atoms with Gasteiger partial charge in [-0.2, -0.15) is 0 Å². The van der Waals surface area contributed by atoms with Gasteiger partial charge in [0.25, 0.3) is 6.43 Å². The lowest BCUT2D eigenvalue weighted by atomic mass is 10.00. The van der Waals surface area contributed by atoms with Crippen LogP contribution in [0.4, 0.5) is 8.78 Å². The molecule has 0 radical (unpaired) electrons. The van der Waals surface area contributed by atoms with Crippen molar-refractivity contribution in [2.45, 2.75) is 19.9 Å². The minimum absolute atomic E-state index is 0.0683. The smallest absolute Gasteiger partial charge is 0.270 e. The maximum Gasteiger partial charge on any atom is 0.346 e. The number of alkyl halides is 2. The number of benzene rings is 2. The van der Waals surface area contributed by atoms with E-state index in [4.69, 9.17) is 0 Å². The molecule has 1 heterocycles. The lowest BCUT2D eigenvalue weighted by Gasteiger charge is -2.11. The van der Waals surface area contributed by atoms with Crippen LogP contribution in [0.5, 0.6) is 0 Å². The minimum atomic E-state index is -2.79. The molecule has 0 saturated carbocycles. The van der Waals surface area contributed by atoms with Crippen LogP contribution in [0.1, 0.15) is 23.4 Å². The molecule has 0 spiro atoms. The largest absolute Gasteiger partial charge is 0.346 e. The summed E-state index contributed by atoms with van der Waals surface area (Å²) in [5.41, 5.74) is 3.21. The second-order valence-corrected chi connectivity index (χ2v) is 5.66. The first-order valence-electron chi connectivity index (χ1n) is 7.54. The van der Waals surface area contributed by atoms with E-state index in [2.05, 4.69) is 5.10 Å². The predicted octanol–water partition coefficient (Wildman–Crippen LogP) is 3.54. The van der Waals surface area contributed by atoms with E-state index in [1.165, 1.54) is 7.05 Å². The molecule has 0 aliphatic heterocycles. The molecule has 124 valence electrons. The van der Waals surface area contributed by atoms with Crippen LogP contribution in [0.2, 0.25) is 0 Å². The van der Waals surface area contributed by atoms with Crippen LogP contribution in [0.3, 0.4) is 0 Å². The topological polar surface area (TPSA) is 39.8 Å². The molecule has 0 fully saturated rings. The fraction of sp³-hybridized carbons (Fsp3) is 0.222. The highest BCUT2D eigenvalue weighted by atomic mass is 19.3. The summed E-state index contributed by atoms with van der Waals surface area (Å²) in [7, 11) is 1.37. The highest BCUT2D eigenvalue weighted by Gasteiger charge is 2.20. The number of halogens is 2. The molecular formula is C18H17F2N3O. The van der Waals surface area contributed by atoms with E-state index in [9.17, 15) is 13.6 Å². The lowest BCUT2D eigenvalue weighted by Crippen LogP contribution is -2.24. The third-order valence-corrected chi connectivity index (χ3v) is 4.02. The maximum atomic E-state index is 13.1. The van der Waals surface area contributed by atoms with Gasteiger partial charge in [0, 0.05) is 7.05 Å². The highest BCUT2D eigenvalue weighted by Crippen LogP contribution is 2.23. The molecule has 1 aromatic heterocycles. The SMILES string of the molecule is Cc1ccc(-c2ccccc2)cc1Cn1c(C(F)F)nn(C)c1=O. The molecule has 0 amide bonds. The third-order valence-electron chi connectivity index (χ3n) is 4.02. The van der Waals surface area contributed by atoms with Gasteiger partial charge in [0.05, 0.1) is 6.54 Å². The van der Waals surface area contributed by atoms with E-state index in [-0.39, 0.29) is 6.54 Å². The van der Waals surface area contributed by atoms with Gasteiger partial charge in [-0.05, 0) is 35.2 Å². The third kappa shape index (κ3) is 2.99. The number of nitrogens with zero attached hydrogens (tertiary/aromatic N) is 3. The summed E-state index contributed by atoms with van der Waals surface area (Å²) in [5, 5.41) is 3.63. The van der Waals surface area contributed by atoms with E-state index in [0.717, 1.165) is 31.5 Å². The summed E-state index contributed by atoms with van der Waals surface area (Å²) >= 11 is 0. The van der Waals surface area contributed by atoms with Crippen molar-refractivity contribution in [2.75, 3.05) is 0 Å². The normalized spacial score (nSPS) is 11.2. The summed E-state index contributed by atoms with van der Waals surface area (Å²) in [5.74, 6) is -0.507. The Hall–Kier alpha value is -2.76. The van der Waals surface area contributed by atoms with Crippen LogP contribution in [0.15, 0.2) is 53.3 Å². The lowest BCUT2D eigenvalue weighted by molar-refractivity contribution is 0.134. The van der Waals surface area contributed by atoms with Gasteiger partial charge in [0.15, 0.2) is 0 Å². The summed E-state index contributed by atoms with van der Waals surface area (Å²) in [6.45, 7) is 1.96. The number of rotatable bonds is 4. The second-order valence-electron chi connectivity index (χ2n) is 5.66. The van der Waals surface area contributed by atoms with Crippen molar-refractivity contribution < 1.29 is 8.78 Å².